The molecule has 9 heteroatoms. The number of amides is 1. The molecule has 0 unspecified atom stereocenters. The van der Waals surface area contributed by atoms with Gasteiger partial charge in [0.15, 0.2) is 0 Å². The van der Waals surface area contributed by atoms with Crippen molar-refractivity contribution in [2.45, 2.75) is 4.90 Å². The van der Waals surface area contributed by atoms with Crippen LogP contribution in [0, 0.1) is 11.3 Å². The molecule has 2 aromatic heterocycles. The molecule has 0 spiro atoms. The summed E-state index contributed by atoms with van der Waals surface area (Å²) in [5.41, 5.74) is 0.657. The Morgan fingerprint density at radius 1 is 1.48 bits per heavy atom. The SMILES string of the molecule is Cn1cc(S(N)(=O)=O)cc1C(=O)Nc1ccnc(C#N)c1. The Kier molecular flexibility index (Phi) is 3.75. The smallest absolute Gasteiger partial charge is 0.272 e. The van der Waals surface area contributed by atoms with Crippen LogP contribution in [0.3, 0.4) is 0 Å². The maximum atomic E-state index is 12.1. The van der Waals surface area contributed by atoms with E-state index in [1.165, 1.54) is 42.2 Å². The molecule has 0 aliphatic rings. The van der Waals surface area contributed by atoms with Gasteiger partial charge in [0.25, 0.3) is 5.91 Å². The summed E-state index contributed by atoms with van der Waals surface area (Å²) in [6, 6.07) is 5.95. The van der Waals surface area contributed by atoms with Gasteiger partial charge in [-0.25, -0.2) is 18.5 Å². The molecule has 0 atom stereocenters. The van der Waals surface area contributed by atoms with Gasteiger partial charge in [0.2, 0.25) is 10.0 Å². The van der Waals surface area contributed by atoms with Crippen molar-refractivity contribution in [1.29, 1.82) is 5.26 Å². The number of hydrogen-bond donors (Lipinski definition) is 2. The topological polar surface area (TPSA) is 131 Å². The van der Waals surface area contributed by atoms with Crippen molar-refractivity contribution in [3.8, 4) is 6.07 Å². The van der Waals surface area contributed by atoms with Crippen molar-refractivity contribution < 1.29 is 13.2 Å². The molecule has 0 aliphatic carbocycles. The summed E-state index contributed by atoms with van der Waals surface area (Å²) in [6.45, 7) is 0. The number of pyridine rings is 1. The Hall–Kier alpha value is -2.70. The minimum absolute atomic E-state index is 0.120. The van der Waals surface area contributed by atoms with E-state index in [0.717, 1.165) is 0 Å². The van der Waals surface area contributed by atoms with Crippen LogP contribution in [0.2, 0.25) is 0 Å². The van der Waals surface area contributed by atoms with Gasteiger partial charge in [-0.3, -0.25) is 4.79 Å². The third-order valence-corrected chi connectivity index (χ3v) is 3.55. The van der Waals surface area contributed by atoms with Crippen LogP contribution < -0.4 is 10.5 Å². The first-order valence-electron chi connectivity index (χ1n) is 5.68. The third-order valence-electron chi connectivity index (χ3n) is 2.67. The fourth-order valence-electron chi connectivity index (χ4n) is 1.68. The number of nitrogens with one attached hydrogen (secondary N) is 1. The van der Waals surface area contributed by atoms with Gasteiger partial charge in [-0.05, 0) is 18.2 Å². The standard InChI is InChI=1S/C12H11N5O3S/c1-17-7-10(21(14,19)20)5-11(17)12(18)16-8-2-3-15-9(4-8)6-13/h2-5,7H,1H3,(H2,14,19,20)(H,15,16,18). The van der Waals surface area contributed by atoms with Crippen LogP contribution in [0.15, 0.2) is 35.5 Å². The fourth-order valence-corrected chi connectivity index (χ4v) is 2.26. The molecule has 2 rings (SSSR count). The molecule has 0 aliphatic heterocycles. The van der Waals surface area contributed by atoms with Crippen LogP contribution in [0.1, 0.15) is 16.2 Å². The lowest BCUT2D eigenvalue weighted by atomic mass is 10.3. The van der Waals surface area contributed by atoms with E-state index in [9.17, 15) is 13.2 Å². The number of carbonyl (C=O) groups excluding carboxylic acids is 1. The molecule has 2 aromatic rings. The van der Waals surface area contributed by atoms with Gasteiger partial charge >= 0.3 is 0 Å². The molecule has 1 amide bonds. The van der Waals surface area contributed by atoms with Crippen molar-refractivity contribution in [1.82, 2.24) is 9.55 Å². The molecule has 2 heterocycles. The minimum Gasteiger partial charge on any atom is -0.345 e. The Morgan fingerprint density at radius 2 is 2.19 bits per heavy atom. The van der Waals surface area contributed by atoms with E-state index in [0.29, 0.717) is 5.69 Å². The maximum Gasteiger partial charge on any atom is 0.272 e. The minimum atomic E-state index is -3.88. The highest BCUT2D eigenvalue weighted by Gasteiger charge is 2.17. The number of carbonyl (C=O) groups is 1. The van der Waals surface area contributed by atoms with Gasteiger partial charge in [0.1, 0.15) is 22.4 Å². The molecular formula is C12H11N5O3S. The van der Waals surface area contributed by atoms with E-state index in [1.807, 2.05) is 6.07 Å². The summed E-state index contributed by atoms with van der Waals surface area (Å²) in [7, 11) is -2.35. The second-order valence-corrected chi connectivity index (χ2v) is 5.77. The van der Waals surface area contributed by atoms with E-state index >= 15 is 0 Å². The van der Waals surface area contributed by atoms with Crippen LogP contribution in [0.5, 0.6) is 0 Å². The van der Waals surface area contributed by atoms with Gasteiger partial charge in [-0.2, -0.15) is 5.26 Å². The van der Waals surface area contributed by atoms with E-state index in [1.54, 1.807) is 0 Å². The average Bonchev–Trinajstić information content (AvgIpc) is 2.81. The Balaban J connectivity index is 2.29. The largest absolute Gasteiger partial charge is 0.345 e. The van der Waals surface area contributed by atoms with Crippen LogP contribution in [-0.4, -0.2) is 23.9 Å². The number of primary sulfonamides is 1. The summed E-state index contributed by atoms with van der Waals surface area (Å²) in [6.07, 6.45) is 2.63. The summed E-state index contributed by atoms with van der Waals surface area (Å²) in [4.78, 5) is 15.7. The van der Waals surface area contributed by atoms with Crippen LogP contribution in [0.25, 0.3) is 0 Å². The lowest BCUT2D eigenvalue weighted by Crippen LogP contribution is -2.15. The number of rotatable bonds is 3. The Labute approximate surface area is 120 Å². The lowest BCUT2D eigenvalue weighted by Gasteiger charge is -2.05. The van der Waals surface area contributed by atoms with Crippen molar-refractivity contribution in [2.24, 2.45) is 12.2 Å². The van der Waals surface area contributed by atoms with Gasteiger partial charge in [0, 0.05) is 25.1 Å². The van der Waals surface area contributed by atoms with Gasteiger partial charge < -0.3 is 9.88 Å². The number of aromatic nitrogens is 2. The predicted octanol–water partition coefficient (Wildman–Crippen LogP) is 0.191. The highest BCUT2D eigenvalue weighted by molar-refractivity contribution is 7.89. The zero-order chi connectivity index (χ0) is 15.6. The van der Waals surface area contributed by atoms with E-state index in [4.69, 9.17) is 10.4 Å². The van der Waals surface area contributed by atoms with Gasteiger partial charge in [0.05, 0.1) is 0 Å². The molecule has 0 radical (unpaired) electrons. The molecule has 108 valence electrons. The second kappa shape index (κ2) is 5.35. The summed E-state index contributed by atoms with van der Waals surface area (Å²) in [5.74, 6) is -0.525. The van der Waals surface area contributed by atoms with Crippen molar-refractivity contribution in [3.63, 3.8) is 0 Å². The quantitative estimate of drug-likeness (QED) is 0.835. The van der Waals surface area contributed by atoms with Crippen molar-refractivity contribution in [3.05, 3.63) is 42.0 Å². The normalized spacial score (nSPS) is 10.9. The van der Waals surface area contributed by atoms with Crippen LogP contribution in [0.4, 0.5) is 5.69 Å². The van der Waals surface area contributed by atoms with Crippen LogP contribution in [-0.2, 0) is 17.1 Å². The van der Waals surface area contributed by atoms with Crippen molar-refractivity contribution >= 4 is 21.6 Å². The highest BCUT2D eigenvalue weighted by Crippen LogP contribution is 2.14. The number of nitrogens with two attached hydrogens (primary N) is 1. The first-order chi connectivity index (χ1) is 9.81. The summed E-state index contributed by atoms with van der Waals surface area (Å²) < 4.78 is 23.9. The first kappa shape index (κ1) is 14.7. The first-order valence-corrected chi connectivity index (χ1v) is 7.22. The fraction of sp³-hybridized carbons (Fsp3) is 0.0833. The lowest BCUT2D eigenvalue weighted by molar-refractivity contribution is 0.101. The zero-order valence-corrected chi connectivity index (χ0v) is 11.8. The molecule has 8 nitrogen and oxygen atoms in total. The second-order valence-electron chi connectivity index (χ2n) is 4.21. The van der Waals surface area contributed by atoms with Gasteiger partial charge in [-0.15, -0.1) is 0 Å². The third kappa shape index (κ3) is 3.25. The number of hydrogen-bond acceptors (Lipinski definition) is 5. The zero-order valence-electron chi connectivity index (χ0n) is 10.9. The Morgan fingerprint density at radius 3 is 2.76 bits per heavy atom. The number of sulfonamides is 1. The molecule has 0 aromatic carbocycles. The number of nitrogens with zero attached hydrogens (tertiary/aromatic N) is 3. The number of anilines is 1. The van der Waals surface area contributed by atoms with Crippen molar-refractivity contribution in [2.75, 3.05) is 5.32 Å². The summed E-state index contributed by atoms with van der Waals surface area (Å²) in [5, 5.41) is 16.3. The van der Waals surface area contributed by atoms with E-state index < -0.39 is 15.9 Å². The molecule has 0 saturated carbocycles. The average molecular weight is 305 g/mol. The molecular weight excluding hydrogens is 294 g/mol. The van der Waals surface area contributed by atoms with E-state index in [2.05, 4.69) is 10.3 Å². The van der Waals surface area contributed by atoms with Gasteiger partial charge in [-0.1, -0.05) is 0 Å². The molecule has 0 fully saturated rings. The van der Waals surface area contributed by atoms with Crippen LogP contribution >= 0.6 is 0 Å². The van der Waals surface area contributed by atoms with E-state index in [-0.39, 0.29) is 16.3 Å². The highest BCUT2D eigenvalue weighted by atomic mass is 32.2. The molecule has 3 N–H and O–H groups in total. The Bertz CT molecular complexity index is 848. The number of nitriles is 1. The monoisotopic (exact) mass is 305 g/mol. The maximum absolute atomic E-state index is 12.1. The molecule has 0 bridgehead atoms. The number of aryl methyl sites for hydroxylation is 1. The molecule has 21 heavy (non-hydrogen) atoms. The summed E-state index contributed by atoms with van der Waals surface area (Å²) >= 11 is 0. The molecule has 0 saturated heterocycles. The predicted molar refractivity (Wildman–Crippen MR) is 73.7 cm³/mol.